The first-order valence-electron chi connectivity index (χ1n) is 7.62. The highest BCUT2D eigenvalue weighted by molar-refractivity contribution is 5.83. The fraction of sp³-hybridized carbons (Fsp3) is 0.933. The fourth-order valence-electron chi connectivity index (χ4n) is 3.78. The van der Waals surface area contributed by atoms with Crippen LogP contribution in [0.2, 0.25) is 0 Å². The third-order valence-electron chi connectivity index (χ3n) is 4.98. The van der Waals surface area contributed by atoms with Crippen molar-refractivity contribution in [3.63, 3.8) is 0 Å². The SMILES string of the molecule is CC(C)C1CCCN1C(=O)C1(CN)CCCCC1. The third kappa shape index (κ3) is 2.42. The summed E-state index contributed by atoms with van der Waals surface area (Å²) in [4.78, 5) is 15.1. The van der Waals surface area contributed by atoms with Gasteiger partial charge in [0.1, 0.15) is 0 Å². The number of hydrogen-bond acceptors (Lipinski definition) is 2. The highest BCUT2D eigenvalue weighted by Crippen LogP contribution is 2.39. The van der Waals surface area contributed by atoms with Gasteiger partial charge in [0.15, 0.2) is 0 Å². The van der Waals surface area contributed by atoms with E-state index in [-0.39, 0.29) is 5.41 Å². The van der Waals surface area contributed by atoms with E-state index < -0.39 is 0 Å². The molecule has 0 radical (unpaired) electrons. The standard InChI is InChI=1S/C15H28N2O/c1-12(2)13-7-6-10-17(13)14(18)15(11-16)8-4-3-5-9-15/h12-13H,3-11,16H2,1-2H3. The number of nitrogens with two attached hydrogens (primary N) is 1. The van der Waals surface area contributed by atoms with Crippen molar-refractivity contribution in [2.24, 2.45) is 17.1 Å². The molecular formula is C15H28N2O. The van der Waals surface area contributed by atoms with Crippen LogP contribution in [-0.4, -0.2) is 29.9 Å². The lowest BCUT2D eigenvalue weighted by atomic mass is 9.73. The van der Waals surface area contributed by atoms with Crippen LogP contribution in [0.25, 0.3) is 0 Å². The van der Waals surface area contributed by atoms with E-state index in [1.54, 1.807) is 0 Å². The largest absolute Gasteiger partial charge is 0.339 e. The molecule has 1 heterocycles. The predicted molar refractivity (Wildman–Crippen MR) is 74.1 cm³/mol. The Bertz CT molecular complexity index is 295. The quantitative estimate of drug-likeness (QED) is 0.839. The number of likely N-dealkylation sites (tertiary alicyclic amines) is 1. The van der Waals surface area contributed by atoms with Crippen molar-refractivity contribution < 1.29 is 4.79 Å². The van der Waals surface area contributed by atoms with E-state index in [2.05, 4.69) is 18.7 Å². The molecule has 1 saturated heterocycles. The summed E-state index contributed by atoms with van der Waals surface area (Å²) < 4.78 is 0. The normalized spacial score (nSPS) is 27.8. The van der Waals surface area contributed by atoms with Crippen LogP contribution in [0.5, 0.6) is 0 Å². The average molecular weight is 252 g/mol. The Hall–Kier alpha value is -0.570. The van der Waals surface area contributed by atoms with Crippen molar-refractivity contribution in [3.05, 3.63) is 0 Å². The molecule has 104 valence electrons. The molecule has 2 aliphatic rings. The molecule has 1 aliphatic heterocycles. The summed E-state index contributed by atoms with van der Waals surface area (Å²) in [7, 11) is 0. The predicted octanol–water partition coefficient (Wildman–Crippen LogP) is 2.54. The molecule has 0 bridgehead atoms. The number of carbonyl (C=O) groups excluding carboxylic acids is 1. The van der Waals surface area contributed by atoms with Crippen LogP contribution in [0.15, 0.2) is 0 Å². The molecule has 0 aromatic heterocycles. The van der Waals surface area contributed by atoms with E-state index in [1.165, 1.54) is 25.7 Å². The van der Waals surface area contributed by atoms with Crippen LogP contribution < -0.4 is 5.73 Å². The number of rotatable bonds is 3. The van der Waals surface area contributed by atoms with Gasteiger partial charge in [0.05, 0.1) is 5.41 Å². The molecule has 0 spiro atoms. The summed E-state index contributed by atoms with van der Waals surface area (Å²) >= 11 is 0. The van der Waals surface area contributed by atoms with Crippen LogP contribution in [0, 0.1) is 11.3 Å². The second kappa shape index (κ2) is 5.60. The number of amides is 1. The molecule has 1 saturated carbocycles. The summed E-state index contributed by atoms with van der Waals surface area (Å²) in [6.45, 7) is 5.94. The Morgan fingerprint density at radius 2 is 1.94 bits per heavy atom. The lowest BCUT2D eigenvalue weighted by molar-refractivity contribution is -0.145. The van der Waals surface area contributed by atoms with Gasteiger partial charge in [-0.25, -0.2) is 0 Å². The smallest absolute Gasteiger partial charge is 0.230 e. The Balaban J connectivity index is 2.13. The highest BCUT2D eigenvalue weighted by Gasteiger charge is 2.44. The van der Waals surface area contributed by atoms with Gasteiger partial charge in [-0.1, -0.05) is 33.1 Å². The van der Waals surface area contributed by atoms with Gasteiger partial charge >= 0.3 is 0 Å². The maximum Gasteiger partial charge on any atom is 0.230 e. The Kier molecular flexibility index (Phi) is 4.31. The van der Waals surface area contributed by atoms with E-state index in [1.807, 2.05) is 0 Å². The lowest BCUT2D eigenvalue weighted by Gasteiger charge is -2.40. The van der Waals surface area contributed by atoms with Gasteiger partial charge in [0.2, 0.25) is 5.91 Å². The Morgan fingerprint density at radius 3 is 2.50 bits per heavy atom. The zero-order valence-electron chi connectivity index (χ0n) is 12.0. The topological polar surface area (TPSA) is 46.3 Å². The molecule has 2 fully saturated rings. The van der Waals surface area contributed by atoms with Crippen LogP contribution >= 0.6 is 0 Å². The van der Waals surface area contributed by atoms with Crippen molar-refractivity contribution >= 4 is 5.91 Å². The molecule has 0 aromatic rings. The summed E-state index contributed by atoms with van der Waals surface area (Å²) in [5, 5.41) is 0. The van der Waals surface area contributed by atoms with E-state index in [9.17, 15) is 4.79 Å². The lowest BCUT2D eigenvalue weighted by Crippen LogP contribution is -2.51. The monoisotopic (exact) mass is 252 g/mol. The zero-order chi connectivity index (χ0) is 13.2. The molecule has 0 aromatic carbocycles. The third-order valence-corrected chi connectivity index (χ3v) is 4.98. The van der Waals surface area contributed by atoms with Crippen molar-refractivity contribution in [1.82, 2.24) is 4.90 Å². The van der Waals surface area contributed by atoms with Gasteiger partial charge in [-0.05, 0) is 31.6 Å². The maximum atomic E-state index is 12.9. The molecule has 2 N–H and O–H groups in total. The van der Waals surface area contributed by atoms with Gasteiger partial charge in [-0.3, -0.25) is 4.79 Å². The van der Waals surface area contributed by atoms with Crippen molar-refractivity contribution in [2.75, 3.05) is 13.1 Å². The van der Waals surface area contributed by atoms with Crippen LogP contribution in [0.3, 0.4) is 0 Å². The van der Waals surface area contributed by atoms with Gasteiger partial charge in [0, 0.05) is 19.1 Å². The molecule has 3 heteroatoms. The van der Waals surface area contributed by atoms with Crippen LogP contribution in [0.4, 0.5) is 0 Å². The molecular weight excluding hydrogens is 224 g/mol. The minimum absolute atomic E-state index is 0.226. The summed E-state index contributed by atoms with van der Waals surface area (Å²) in [6, 6.07) is 0.447. The number of hydrogen-bond donors (Lipinski definition) is 1. The van der Waals surface area contributed by atoms with Gasteiger partial charge in [-0.2, -0.15) is 0 Å². The Labute approximate surface area is 111 Å². The minimum atomic E-state index is -0.226. The highest BCUT2D eigenvalue weighted by atomic mass is 16.2. The summed E-state index contributed by atoms with van der Waals surface area (Å²) in [5.41, 5.74) is 5.75. The van der Waals surface area contributed by atoms with Crippen molar-refractivity contribution in [2.45, 2.75) is 64.8 Å². The number of carbonyl (C=O) groups is 1. The summed E-state index contributed by atoms with van der Waals surface area (Å²) in [6.07, 6.45) is 7.95. The second-order valence-corrected chi connectivity index (χ2v) is 6.50. The average Bonchev–Trinajstić information content (AvgIpc) is 2.88. The van der Waals surface area contributed by atoms with E-state index in [0.29, 0.717) is 24.4 Å². The minimum Gasteiger partial charge on any atom is -0.339 e. The zero-order valence-corrected chi connectivity index (χ0v) is 12.0. The van der Waals surface area contributed by atoms with Gasteiger partial charge in [-0.15, -0.1) is 0 Å². The molecule has 3 nitrogen and oxygen atoms in total. The molecule has 1 atom stereocenters. The first kappa shape index (κ1) is 13.9. The van der Waals surface area contributed by atoms with Crippen LogP contribution in [0.1, 0.15) is 58.8 Å². The molecule has 2 rings (SSSR count). The van der Waals surface area contributed by atoms with Gasteiger partial charge < -0.3 is 10.6 Å². The maximum absolute atomic E-state index is 12.9. The van der Waals surface area contributed by atoms with Crippen LogP contribution in [-0.2, 0) is 4.79 Å². The Morgan fingerprint density at radius 1 is 1.28 bits per heavy atom. The molecule has 18 heavy (non-hydrogen) atoms. The first-order valence-corrected chi connectivity index (χ1v) is 7.62. The van der Waals surface area contributed by atoms with E-state index in [4.69, 9.17) is 5.73 Å². The second-order valence-electron chi connectivity index (χ2n) is 6.50. The number of nitrogens with zero attached hydrogens (tertiary/aromatic N) is 1. The fourth-order valence-corrected chi connectivity index (χ4v) is 3.78. The van der Waals surface area contributed by atoms with Gasteiger partial charge in [0.25, 0.3) is 0 Å². The van der Waals surface area contributed by atoms with Crippen molar-refractivity contribution in [3.8, 4) is 0 Å². The molecule has 1 unspecified atom stereocenters. The van der Waals surface area contributed by atoms with E-state index >= 15 is 0 Å². The first-order chi connectivity index (χ1) is 8.60. The molecule has 1 aliphatic carbocycles. The molecule has 1 amide bonds. The van der Waals surface area contributed by atoms with E-state index in [0.717, 1.165) is 25.8 Å². The summed E-state index contributed by atoms with van der Waals surface area (Å²) in [5.74, 6) is 0.927. The van der Waals surface area contributed by atoms with Crippen molar-refractivity contribution in [1.29, 1.82) is 0 Å².